The van der Waals surface area contributed by atoms with Crippen LogP contribution < -0.4 is 4.74 Å². The van der Waals surface area contributed by atoms with Crippen LogP contribution in [0.25, 0.3) is 0 Å². The Morgan fingerprint density at radius 3 is 1.89 bits per heavy atom. The van der Waals surface area contributed by atoms with Gasteiger partial charge in [0.25, 0.3) is 0 Å². The van der Waals surface area contributed by atoms with Gasteiger partial charge in [-0.25, -0.2) is 0 Å². The maximum Gasteiger partial charge on any atom is 0.416 e. The molecular formula is C42H73F3O6Si3. The van der Waals surface area contributed by atoms with E-state index in [0.29, 0.717) is 12.8 Å². The summed E-state index contributed by atoms with van der Waals surface area (Å²) in [6, 6.07) is 4.99. The van der Waals surface area contributed by atoms with Gasteiger partial charge in [0.1, 0.15) is 12.4 Å². The topological polar surface area (TPSA) is 74.2 Å². The number of hydrogen-bond donors (Lipinski definition) is 1. The fourth-order valence-corrected chi connectivity index (χ4v) is 9.75. The molecule has 1 aliphatic rings. The molecule has 0 heterocycles. The van der Waals surface area contributed by atoms with Gasteiger partial charge in [-0.2, -0.15) is 13.2 Å². The molecule has 12 heteroatoms. The number of carboxylic acids is 1. The maximum atomic E-state index is 13.5. The zero-order valence-electron chi connectivity index (χ0n) is 36.2. The third kappa shape index (κ3) is 13.7. The summed E-state index contributed by atoms with van der Waals surface area (Å²) in [6.07, 6.45) is 6.12. The van der Waals surface area contributed by atoms with Crippen LogP contribution in [0.5, 0.6) is 5.75 Å². The molecule has 54 heavy (non-hydrogen) atoms. The Morgan fingerprint density at radius 2 is 1.39 bits per heavy atom. The van der Waals surface area contributed by atoms with Gasteiger partial charge in [0, 0.05) is 5.92 Å². The quantitative estimate of drug-likeness (QED) is 0.125. The van der Waals surface area contributed by atoms with Crippen molar-refractivity contribution >= 4 is 30.9 Å². The molecule has 0 spiro atoms. The first-order chi connectivity index (χ1) is 24.3. The Kier molecular flexibility index (Phi) is 16.4. The number of hydrogen-bond acceptors (Lipinski definition) is 5. The Bertz CT molecular complexity index is 1420. The van der Waals surface area contributed by atoms with Crippen LogP contribution in [0.1, 0.15) is 100 Å². The monoisotopic (exact) mass is 814 g/mol. The summed E-state index contributed by atoms with van der Waals surface area (Å²) in [7, 11) is -6.76. The first-order valence-corrected chi connectivity index (χ1v) is 28.4. The molecule has 1 N–H and O–H groups in total. The van der Waals surface area contributed by atoms with Crippen molar-refractivity contribution in [2.45, 2.75) is 174 Å². The van der Waals surface area contributed by atoms with Gasteiger partial charge in [-0.1, -0.05) is 99.6 Å². The predicted octanol–water partition coefficient (Wildman–Crippen LogP) is 12.9. The van der Waals surface area contributed by atoms with Crippen LogP contribution in [0.3, 0.4) is 0 Å². The molecule has 0 amide bonds. The lowest BCUT2D eigenvalue weighted by atomic mass is 9.89. The van der Waals surface area contributed by atoms with E-state index in [1.807, 2.05) is 0 Å². The Balaban J connectivity index is 2.64. The molecule has 6 nitrogen and oxygen atoms in total. The van der Waals surface area contributed by atoms with Gasteiger partial charge in [-0.3, -0.25) is 4.79 Å². The molecule has 1 aromatic rings. The number of halogens is 3. The molecule has 0 aromatic heterocycles. The number of carboxylic acid groups (broad SMARTS) is 1. The summed E-state index contributed by atoms with van der Waals surface area (Å²) in [4.78, 5) is 11.4. The first-order valence-electron chi connectivity index (χ1n) is 19.7. The lowest BCUT2D eigenvalue weighted by Gasteiger charge is -2.40. The van der Waals surface area contributed by atoms with Crippen molar-refractivity contribution in [1.82, 2.24) is 0 Å². The van der Waals surface area contributed by atoms with Gasteiger partial charge in [0.05, 0.1) is 29.8 Å². The van der Waals surface area contributed by atoms with Gasteiger partial charge in [-0.05, 0) is 104 Å². The van der Waals surface area contributed by atoms with Crippen LogP contribution >= 0.6 is 0 Å². The van der Waals surface area contributed by atoms with E-state index in [-0.39, 0.29) is 51.5 Å². The standard InChI is InChI=1S/C42H73F3O6Si3/c1-30(38(46)47)21-18-17-19-24-34-35(37(51-54(15,16)41(8,9)10)28-36(34)50-53(13,14)40(5,6)7)26-25-33(49-52(11,12)39(2,3)4)29-48-32-23-20-22-31(27-32)42(43,44)45/h17,19-20,22-23,25-27,30,33-37H,18,21,24,28-29H2,1-16H3,(H,46,47)/b19-17-,26-25+/t30?,33-,34-,35-,36+,37-/m1/s1. The summed E-state index contributed by atoms with van der Waals surface area (Å²) >= 11 is 0. The molecule has 0 saturated heterocycles. The molecule has 2 rings (SSSR count). The second-order valence-electron chi connectivity index (χ2n) is 20.0. The minimum atomic E-state index is -4.47. The van der Waals surface area contributed by atoms with E-state index in [9.17, 15) is 23.1 Å². The Labute approximate surface area is 329 Å². The second kappa shape index (κ2) is 18.3. The maximum absolute atomic E-state index is 13.5. The lowest BCUT2D eigenvalue weighted by Crippen LogP contribution is -2.45. The highest BCUT2D eigenvalue weighted by molar-refractivity contribution is 6.75. The van der Waals surface area contributed by atoms with E-state index < -0.39 is 54.7 Å². The SMILES string of the molecule is CC(CC/C=C\C[C@@H]1[C@@H](/C=C/[C@H](COc2cccc(C(F)(F)F)c2)O[Si](C)(C)C(C)(C)C)[C@H](O[Si](C)(C)C(C)(C)C)C[C@@H]1O[Si](C)(C)C(C)(C)C)C(=O)O. The zero-order chi connectivity index (χ0) is 41.7. The summed E-state index contributed by atoms with van der Waals surface area (Å²) in [6.45, 7) is 35.2. The van der Waals surface area contributed by atoms with E-state index in [2.05, 4.69) is 126 Å². The number of rotatable bonds is 17. The molecule has 310 valence electrons. The summed E-state index contributed by atoms with van der Waals surface area (Å²) in [5.41, 5.74) is -0.755. The van der Waals surface area contributed by atoms with Gasteiger partial charge >= 0.3 is 12.1 Å². The van der Waals surface area contributed by atoms with Crippen molar-refractivity contribution in [1.29, 1.82) is 0 Å². The average Bonchev–Trinajstić information content (AvgIpc) is 3.29. The van der Waals surface area contributed by atoms with Crippen LogP contribution in [-0.4, -0.2) is 60.9 Å². The molecule has 6 atom stereocenters. The number of alkyl halides is 3. The molecule has 1 unspecified atom stereocenters. The molecule has 0 bridgehead atoms. The molecule has 1 saturated carbocycles. The largest absolute Gasteiger partial charge is 0.491 e. The van der Waals surface area contributed by atoms with E-state index in [4.69, 9.17) is 18.0 Å². The zero-order valence-corrected chi connectivity index (χ0v) is 39.2. The molecular weight excluding hydrogens is 742 g/mol. The molecule has 1 aliphatic carbocycles. The van der Waals surface area contributed by atoms with Crippen LogP contribution in [0.4, 0.5) is 13.2 Å². The van der Waals surface area contributed by atoms with Crippen molar-refractivity contribution in [3.63, 3.8) is 0 Å². The average molecular weight is 815 g/mol. The highest BCUT2D eigenvalue weighted by Crippen LogP contribution is 2.48. The molecule has 1 fully saturated rings. The highest BCUT2D eigenvalue weighted by Gasteiger charge is 2.50. The van der Waals surface area contributed by atoms with Crippen LogP contribution in [0.2, 0.25) is 54.4 Å². The van der Waals surface area contributed by atoms with Crippen LogP contribution in [-0.2, 0) is 24.2 Å². The Morgan fingerprint density at radius 1 is 0.852 bits per heavy atom. The molecule has 1 aromatic carbocycles. The number of ether oxygens (including phenoxy) is 1. The number of carbonyl (C=O) groups is 1. The van der Waals surface area contributed by atoms with E-state index >= 15 is 0 Å². The fraction of sp³-hybridized carbons (Fsp3) is 0.738. The lowest BCUT2D eigenvalue weighted by molar-refractivity contribution is -0.141. The minimum Gasteiger partial charge on any atom is -0.491 e. The first kappa shape index (κ1) is 48.4. The van der Waals surface area contributed by atoms with Crippen molar-refractivity contribution in [2.24, 2.45) is 17.8 Å². The fourth-order valence-electron chi connectivity index (χ4n) is 5.75. The van der Waals surface area contributed by atoms with Gasteiger partial charge < -0.3 is 23.1 Å². The van der Waals surface area contributed by atoms with Crippen LogP contribution in [0, 0.1) is 17.8 Å². The number of benzene rings is 1. The minimum absolute atomic E-state index is 0.00687. The smallest absolute Gasteiger partial charge is 0.416 e. The summed E-state index contributed by atoms with van der Waals surface area (Å²) in [5.74, 6) is -1.01. The van der Waals surface area contributed by atoms with E-state index in [0.717, 1.165) is 25.0 Å². The normalized spacial score (nSPS) is 22.3. The van der Waals surface area contributed by atoms with Crippen molar-refractivity contribution in [3.05, 3.63) is 54.1 Å². The van der Waals surface area contributed by atoms with Crippen LogP contribution in [0.15, 0.2) is 48.6 Å². The third-order valence-electron chi connectivity index (χ3n) is 12.5. The van der Waals surface area contributed by atoms with Gasteiger partial charge in [-0.15, -0.1) is 0 Å². The van der Waals surface area contributed by atoms with Gasteiger partial charge in [0.15, 0.2) is 25.0 Å². The van der Waals surface area contributed by atoms with Crippen molar-refractivity contribution < 1.29 is 41.1 Å². The summed E-state index contributed by atoms with van der Waals surface area (Å²) < 4.78 is 68.1. The van der Waals surface area contributed by atoms with E-state index in [1.54, 1.807) is 13.0 Å². The predicted molar refractivity (Wildman–Crippen MR) is 224 cm³/mol. The van der Waals surface area contributed by atoms with Gasteiger partial charge in [0.2, 0.25) is 0 Å². The Hall–Kier alpha value is -1.71. The molecule has 0 radical (unpaired) electrons. The molecule has 0 aliphatic heterocycles. The van der Waals surface area contributed by atoms with E-state index in [1.165, 1.54) is 6.07 Å². The second-order valence-corrected chi connectivity index (χ2v) is 34.2. The van der Waals surface area contributed by atoms with Crippen molar-refractivity contribution in [3.8, 4) is 5.75 Å². The third-order valence-corrected chi connectivity index (χ3v) is 26.0. The van der Waals surface area contributed by atoms with Crippen molar-refractivity contribution in [2.75, 3.05) is 6.61 Å². The number of aliphatic carboxylic acids is 1. The summed E-state index contributed by atoms with van der Waals surface area (Å²) in [5, 5.41) is 9.27. The number of allylic oxidation sites excluding steroid dienone is 2. The highest BCUT2D eigenvalue weighted by atomic mass is 28.4.